The van der Waals surface area contributed by atoms with Crippen LogP contribution in [0.5, 0.6) is 0 Å². The molecule has 35 heavy (non-hydrogen) atoms. The maximum absolute atomic E-state index is 2.67. The Bertz CT molecular complexity index is 836. The minimum Gasteiger partial charge on any atom is -0.0671 e. The molecule has 1 aliphatic carbocycles. The Labute approximate surface area is 221 Å². The normalized spacial score (nSPS) is 14.1. The molecule has 0 unspecified atom stereocenters. The molecule has 2 heteroatoms. The summed E-state index contributed by atoms with van der Waals surface area (Å²) in [6.07, 6.45) is 19.3. The van der Waals surface area contributed by atoms with Crippen LogP contribution in [0.3, 0.4) is 0 Å². The van der Waals surface area contributed by atoms with Crippen molar-refractivity contribution >= 4 is 28.0 Å². The zero-order valence-electron chi connectivity index (χ0n) is 23.9. The van der Waals surface area contributed by atoms with Gasteiger partial charge in [0.1, 0.15) is 0 Å². The van der Waals surface area contributed by atoms with Gasteiger partial charge >= 0.3 is 0 Å². The number of benzene rings is 2. The molecule has 0 amide bonds. The maximum atomic E-state index is 2.67. The summed E-state index contributed by atoms with van der Waals surface area (Å²) in [5.74, 6) is 0. The second-order valence-electron chi connectivity index (χ2n) is 11.6. The third kappa shape index (κ3) is 7.01. The number of hydrogen-bond acceptors (Lipinski definition) is 0. The van der Waals surface area contributed by atoms with Crippen LogP contribution in [0.4, 0.5) is 0 Å². The highest BCUT2D eigenvalue weighted by Crippen LogP contribution is 2.53. The van der Waals surface area contributed by atoms with E-state index in [1.807, 2.05) is 0 Å². The van der Waals surface area contributed by atoms with E-state index in [0.717, 1.165) is 0 Å². The lowest BCUT2D eigenvalue weighted by atomic mass is 9.70. The fourth-order valence-electron chi connectivity index (χ4n) is 6.20. The molecule has 2 radical (unpaired) electrons. The average Bonchev–Trinajstić information content (AvgIpc) is 3.12. The fourth-order valence-corrected chi connectivity index (χ4v) is 7.89. The van der Waals surface area contributed by atoms with Crippen molar-refractivity contribution in [3.8, 4) is 11.1 Å². The molecule has 1 aliphatic rings. The fraction of sp³-hybridized carbons (Fsp3) is 0.636. The van der Waals surface area contributed by atoms with Gasteiger partial charge in [-0.3, -0.25) is 0 Å². The van der Waals surface area contributed by atoms with Crippen molar-refractivity contribution in [2.24, 2.45) is 0 Å². The lowest BCUT2D eigenvalue weighted by molar-refractivity contribution is 0.398. The molecule has 0 saturated carbocycles. The molecule has 2 aromatic carbocycles. The van der Waals surface area contributed by atoms with E-state index in [1.165, 1.54) is 89.9 Å². The van der Waals surface area contributed by atoms with Gasteiger partial charge in [0.05, 0.1) is 17.6 Å². The van der Waals surface area contributed by atoms with E-state index in [2.05, 4.69) is 76.4 Å². The molecule has 0 bridgehead atoms. The van der Waals surface area contributed by atoms with Crippen LogP contribution in [0.2, 0.25) is 26.2 Å². The standard InChI is InChI=1S/C33H52Si2/c1-7-9-11-13-15-17-23-33(24-18-16-14-12-10-8-2)31-25-27(34(3)4)19-21-29(31)30-22-20-28(35(5)6)26-32(30)33/h19-22,25-26H,7-18,23-24H2,1-6H3. The smallest absolute Gasteiger partial charge is 0.0671 e. The largest absolute Gasteiger partial charge is 0.0791 e. The van der Waals surface area contributed by atoms with Gasteiger partial charge in [-0.25, -0.2) is 0 Å². The molecule has 0 heterocycles. The quantitative estimate of drug-likeness (QED) is 0.158. The van der Waals surface area contributed by atoms with E-state index < -0.39 is 17.6 Å². The van der Waals surface area contributed by atoms with Crippen LogP contribution < -0.4 is 10.4 Å². The predicted molar refractivity (Wildman–Crippen MR) is 163 cm³/mol. The van der Waals surface area contributed by atoms with E-state index in [1.54, 1.807) is 32.6 Å². The molecular weight excluding hydrogens is 453 g/mol. The average molecular weight is 505 g/mol. The number of unbranched alkanes of at least 4 members (excludes halogenated alkanes) is 10. The Morgan fingerprint density at radius 3 is 1.26 bits per heavy atom. The van der Waals surface area contributed by atoms with E-state index in [0.29, 0.717) is 0 Å². The van der Waals surface area contributed by atoms with Gasteiger partial charge in [-0.15, -0.1) is 0 Å². The van der Waals surface area contributed by atoms with Gasteiger partial charge in [0.2, 0.25) is 0 Å². The minimum absolute atomic E-state index is 0.237. The van der Waals surface area contributed by atoms with Gasteiger partial charge < -0.3 is 0 Å². The Hall–Kier alpha value is -1.13. The summed E-state index contributed by atoms with van der Waals surface area (Å²) in [5, 5.41) is 3.24. The summed E-state index contributed by atoms with van der Waals surface area (Å²) in [4.78, 5) is 0. The monoisotopic (exact) mass is 504 g/mol. The Morgan fingerprint density at radius 1 is 0.514 bits per heavy atom. The molecule has 0 nitrogen and oxygen atoms in total. The Morgan fingerprint density at radius 2 is 0.886 bits per heavy atom. The second-order valence-corrected chi connectivity index (χ2v) is 16.8. The van der Waals surface area contributed by atoms with Crippen LogP contribution in [0.15, 0.2) is 36.4 Å². The summed E-state index contributed by atoms with van der Waals surface area (Å²) in [7, 11) is -0.910. The van der Waals surface area contributed by atoms with Crippen LogP contribution in [-0.2, 0) is 5.41 Å². The molecule has 0 N–H and O–H groups in total. The first-order valence-corrected chi connectivity index (χ1v) is 19.8. The first-order valence-electron chi connectivity index (χ1n) is 14.8. The molecule has 0 aromatic heterocycles. The highest BCUT2D eigenvalue weighted by atomic mass is 28.3. The first kappa shape index (κ1) is 28.4. The summed E-state index contributed by atoms with van der Waals surface area (Å²) >= 11 is 0. The van der Waals surface area contributed by atoms with E-state index in [-0.39, 0.29) is 5.41 Å². The van der Waals surface area contributed by atoms with Crippen LogP contribution in [0.25, 0.3) is 11.1 Å². The Balaban J connectivity index is 1.97. The summed E-state index contributed by atoms with van der Waals surface area (Å²) in [5.41, 5.74) is 6.72. The Kier molecular flexibility index (Phi) is 11.4. The molecular formula is C33H52Si2. The van der Waals surface area contributed by atoms with Gasteiger partial charge in [0.25, 0.3) is 0 Å². The first-order chi connectivity index (χ1) is 16.9. The number of hydrogen-bond donors (Lipinski definition) is 0. The number of rotatable bonds is 16. The van der Waals surface area contributed by atoms with E-state index in [4.69, 9.17) is 0 Å². The molecule has 0 saturated heterocycles. The van der Waals surface area contributed by atoms with E-state index in [9.17, 15) is 0 Å². The molecule has 0 fully saturated rings. The van der Waals surface area contributed by atoms with Gasteiger partial charge in [0, 0.05) is 5.41 Å². The molecule has 3 rings (SSSR count). The highest BCUT2D eigenvalue weighted by molar-refractivity contribution is 6.71. The SMILES string of the molecule is CCCCCCCCC1(CCCCCCCC)c2cc([Si](C)C)ccc2-c2ccc([Si](C)C)cc21. The van der Waals surface area contributed by atoms with Crippen molar-refractivity contribution < 1.29 is 0 Å². The molecule has 0 spiro atoms. The van der Waals surface area contributed by atoms with Crippen molar-refractivity contribution in [1.29, 1.82) is 0 Å². The van der Waals surface area contributed by atoms with Crippen LogP contribution in [0.1, 0.15) is 115 Å². The van der Waals surface area contributed by atoms with Gasteiger partial charge in [0.15, 0.2) is 0 Å². The molecule has 0 aliphatic heterocycles. The van der Waals surface area contributed by atoms with Gasteiger partial charge in [-0.1, -0.05) is 164 Å². The zero-order chi connectivity index (χ0) is 25.3. The summed E-state index contributed by atoms with van der Waals surface area (Å²) < 4.78 is 0. The molecule has 2 aromatic rings. The van der Waals surface area contributed by atoms with Crippen molar-refractivity contribution in [3.63, 3.8) is 0 Å². The highest BCUT2D eigenvalue weighted by Gasteiger charge is 2.42. The maximum Gasteiger partial charge on any atom is 0.0791 e. The van der Waals surface area contributed by atoms with Crippen molar-refractivity contribution in [2.75, 3.05) is 0 Å². The van der Waals surface area contributed by atoms with Crippen molar-refractivity contribution in [3.05, 3.63) is 47.5 Å². The number of fused-ring (bicyclic) bond motifs is 3. The van der Waals surface area contributed by atoms with Crippen molar-refractivity contribution in [2.45, 2.75) is 135 Å². The topological polar surface area (TPSA) is 0 Å². The second kappa shape index (κ2) is 14.0. The zero-order valence-corrected chi connectivity index (χ0v) is 25.9. The lowest BCUT2D eigenvalue weighted by Crippen LogP contribution is -2.31. The van der Waals surface area contributed by atoms with E-state index >= 15 is 0 Å². The lowest BCUT2D eigenvalue weighted by Gasteiger charge is -2.34. The van der Waals surface area contributed by atoms with Crippen LogP contribution in [0, 0.1) is 0 Å². The predicted octanol–water partition coefficient (Wildman–Crippen LogP) is 9.38. The molecule has 0 atom stereocenters. The van der Waals surface area contributed by atoms with Crippen LogP contribution in [-0.4, -0.2) is 17.6 Å². The van der Waals surface area contributed by atoms with Crippen LogP contribution >= 0.6 is 0 Å². The minimum atomic E-state index is -0.455. The third-order valence-corrected chi connectivity index (χ3v) is 11.4. The summed E-state index contributed by atoms with van der Waals surface area (Å²) in [6.45, 7) is 14.5. The van der Waals surface area contributed by atoms with Crippen molar-refractivity contribution in [1.82, 2.24) is 0 Å². The van der Waals surface area contributed by atoms with Gasteiger partial charge in [-0.05, 0) is 35.1 Å². The van der Waals surface area contributed by atoms with Gasteiger partial charge in [-0.2, -0.15) is 0 Å². The third-order valence-electron chi connectivity index (χ3n) is 8.43. The molecule has 192 valence electrons. The summed E-state index contributed by atoms with van der Waals surface area (Å²) in [6, 6.07) is 15.2.